The van der Waals surface area contributed by atoms with E-state index in [2.05, 4.69) is 4.99 Å². The van der Waals surface area contributed by atoms with Crippen LogP contribution in [0.25, 0.3) is 0 Å². The van der Waals surface area contributed by atoms with E-state index in [4.69, 9.17) is 0 Å². The highest BCUT2D eigenvalue weighted by atomic mass is 19.4. The number of hydrogen-bond acceptors (Lipinski definition) is 1. The molecule has 1 nitrogen and oxygen atoms in total. The van der Waals surface area contributed by atoms with E-state index in [0.717, 1.165) is 11.6 Å². The van der Waals surface area contributed by atoms with Crippen LogP contribution < -0.4 is 0 Å². The molecule has 0 spiro atoms. The molecule has 0 fully saturated rings. The molecular weight excluding hydrogens is 167 g/mol. The molecule has 0 N–H and O–H groups in total. The van der Waals surface area contributed by atoms with Crippen molar-refractivity contribution in [1.29, 1.82) is 0 Å². The zero-order chi connectivity index (χ0) is 9.19. The fourth-order valence-corrected chi connectivity index (χ4v) is 1.08. The summed E-state index contributed by atoms with van der Waals surface area (Å²) in [6, 6.07) is 0. The Morgan fingerprint density at radius 2 is 2.17 bits per heavy atom. The average Bonchev–Trinajstić information content (AvgIpc) is 2.03. The molecule has 0 atom stereocenters. The Kier molecular flexibility index (Phi) is 2.55. The molecule has 1 aliphatic rings. The Bertz CT molecular complexity index is 225. The molecule has 1 aliphatic heterocycles. The molecule has 0 saturated carbocycles. The highest BCUT2D eigenvalue weighted by Crippen LogP contribution is 2.23. The van der Waals surface area contributed by atoms with E-state index in [1.54, 1.807) is 0 Å². The third-order valence-corrected chi connectivity index (χ3v) is 1.80. The Labute approximate surface area is 69.0 Å². The lowest BCUT2D eigenvalue weighted by Gasteiger charge is -2.13. The maximum Gasteiger partial charge on any atom is 0.432 e. The van der Waals surface area contributed by atoms with Crippen molar-refractivity contribution in [2.45, 2.75) is 25.9 Å². The SMILES string of the molecule is CCC1=CC(C(F)(F)F)=NCC1. The first kappa shape index (κ1) is 9.29. The van der Waals surface area contributed by atoms with E-state index in [9.17, 15) is 13.2 Å². The summed E-state index contributed by atoms with van der Waals surface area (Å²) in [5, 5.41) is 0. The highest BCUT2D eigenvalue weighted by molar-refractivity contribution is 6.00. The lowest BCUT2D eigenvalue weighted by Crippen LogP contribution is -2.23. The third-order valence-electron chi connectivity index (χ3n) is 1.80. The van der Waals surface area contributed by atoms with Crippen LogP contribution in [0.15, 0.2) is 16.6 Å². The Balaban J connectivity index is 2.80. The van der Waals surface area contributed by atoms with Gasteiger partial charge in [-0.15, -0.1) is 0 Å². The van der Waals surface area contributed by atoms with Crippen molar-refractivity contribution in [3.05, 3.63) is 11.6 Å². The Morgan fingerprint density at radius 1 is 1.50 bits per heavy atom. The van der Waals surface area contributed by atoms with Crippen LogP contribution in [-0.4, -0.2) is 18.4 Å². The molecular formula is C8H10F3N. The molecule has 0 aromatic heterocycles. The smallest absolute Gasteiger partial charge is 0.280 e. The standard InChI is InChI=1S/C8H10F3N/c1-2-6-3-4-12-7(5-6)8(9,10)11/h5H,2-4H2,1H3. The maximum atomic E-state index is 12.1. The van der Waals surface area contributed by atoms with Gasteiger partial charge >= 0.3 is 6.18 Å². The van der Waals surface area contributed by atoms with Gasteiger partial charge in [-0.05, 0) is 18.9 Å². The van der Waals surface area contributed by atoms with Gasteiger partial charge in [0.2, 0.25) is 0 Å². The molecule has 0 saturated heterocycles. The van der Waals surface area contributed by atoms with Gasteiger partial charge in [0.1, 0.15) is 5.71 Å². The van der Waals surface area contributed by atoms with E-state index in [1.807, 2.05) is 6.92 Å². The molecule has 4 heteroatoms. The quantitative estimate of drug-likeness (QED) is 0.584. The molecule has 0 aliphatic carbocycles. The largest absolute Gasteiger partial charge is 0.432 e. The van der Waals surface area contributed by atoms with Gasteiger partial charge in [-0.1, -0.05) is 12.5 Å². The topological polar surface area (TPSA) is 12.4 Å². The number of nitrogens with zero attached hydrogens (tertiary/aromatic N) is 1. The number of alkyl halides is 3. The summed E-state index contributed by atoms with van der Waals surface area (Å²) in [7, 11) is 0. The third kappa shape index (κ3) is 2.09. The summed E-state index contributed by atoms with van der Waals surface area (Å²) in [5.41, 5.74) is 0.0999. The second kappa shape index (κ2) is 3.29. The normalized spacial score (nSPS) is 18.7. The Morgan fingerprint density at radius 3 is 2.67 bits per heavy atom. The van der Waals surface area contributed by atoms with Crippen LogP contribution >= 0.6 is 0 Å². The molecule has 0 aromatic rings. The summed E-state index contributed by atoms with van der Waals surface area (Å²) in [5.74, 6) is 0. The fraction of sp³-hybridized carbons (Fsp3) is 0.625. The number of allylic oxidation sites excluding steroid dienone is 1. The zero-order valence-corrected chi connectivity index (χ0v) is 6.78. The number of dihydropyridines is 1. The van der Waals surface area contributed by atoms with Crippen molar-refractivity contribution in [2.75, 3.05) is 6.54 Å². The number of halogens is 3. The fourth-order valence-electron chi connectivity index (χ4n) is 1.08. The molecule has 1 heterocycles. The van der Waals surface area contributed by atoms with Crippen molar-refractivity contribution in [3.63, 3.8) is 0 Å². The molecule has 0 bridgehead atoms. The number of rotatable bonds is 1. The van der Waals surface area contributed by atoms with Crippen LogP contribution in [0, 0.1) is 0 Å². The maximum absolute atomic E-state index is 12.1. The van der Waals surface area contributed by atoms with Gasteiger partial charge in [0.25, 0.3) is 0 Å². The summed E-state index contributed by atoms with van der Waals surface area (Å²) in [6.07, 6.45) is -1.78. The van der Waals surface area contributed by atoms with Crippen LogP contribution in [0.5, 0.6) is 0 Å². The molecule has 0 amide bonds. The van der Waals surface area contributed by atoms with Crippen LogP contribution in [0.1, 0.15) is 19.8 Å². The molecule has 1 rings (SSSR count). The zero-order valence-electron chi connectivity index (χ0n) is 6.78. The summed E-state index contributed by atoms with van der Waals surface area (Å²) >= 11 is 0. The van der Waals surface area contributed by atoms with Gasteiger partial charge in [-0.2, -0.15) is 13.2 Å². The predicted molar refractivity (Wildman–Crippen MR) is 41.3 cm³/mol. The van der Waals surface area contributed by atoms with Gasteiger partial charge in [-0.3, -0.25) is 4.99 Å². The molecule has 68 valence electrons. The van der Waals surface area contributed by atoms with Gasteiger partial charge < -0.3 is 0 Å². The van der Waals surface area contributed by atoms with Crippen molar-refractivity contribution in [3.8, 4) is 0 Å². The summed E-state index contributed by atoms with van der Waals surface area (Å²) in [6.45, 7) is 2.12. The van der Waals surface area contributed by atoms with Crippen molar-refractivity contribution in [2.24, 2.45) is 4.99 Å². The number of hydrogen-bond donors (Lipinski definition) is 0. The molecule has 0 unspecified atom stereocenters. The molecule has 0 radical (unpaired) electrons. The minimum atomic E-state index is -4.28. The van der Waals surface area contributed by atoms with Gasteiger partial charge in [-0.25, -0.2) is 0 Å². The van der Waals surface area contributed by atoms with Gasteiger partial charge in [0.05, 0.1) is 0 Å². The van der Waals surface area contributed by atoms with E-state index < -0.39 is 11.9 Å². The molecule has 0 aromatic carbocycles. The lowest BCUT2D eigenvalue weighted by atomic mass is 10.1. The van der Waals surface area contributed by atoms with E-state index in [0.29, 0.717) is 12.8 Å². The lowest BCUT2D eigenvalue weighted by molar-refractivity contribution is -0.0580. The highest BCUT2D eigenvalue weighted by Gasteiger charge is 2.34. The number of aliphatic imine (C=N–C) groups is 1. The van der Waals surface area contributed by atoms with Crippen LogP contribution in [0.4, 0.5) is 13.2 Å². The average molecular weight is 177 g/mol. The van der Waals surface area contributed by atoms with Crippen molar-refractivity contribution < 1.29 is 13.2 Å². The summed E-state index contributed by atoms with van der Waals surface area (Å²) in [4.78, 5) is 3.41. The molecule has 12 heavy (non-hydrogen) atoms. The first-order chi connectivity index (χ1) is 5.54. The van der Waals surface area contributed by atoms with Crippen LogP contribution in [0.2, 0.25) is 0 Å². The second-order valence-corrected chi connectivity index (χ2v) is 2.67. The van der Waals surface area contributed by atoms with Crippen molar-refractivity contribution >= 4 is 5.71 Å². The minimum absolute atomic E-state index is 0.272. The first-order valence-electron chi connectivity index (χ1n) is 3.85. The second-order valence-electron chi connectivity index (χ2n) is 2.67. The predicted octanol–water partition coefficient (Wildman–Crippen LogP) is 2.73. The minimum Gasteiger partial charge on any atom is -0.280 e. The Hall–Kier alpha value is -0.800. The van der Waals surface area contributed by atoms with Gasteiger partial charge in [0.15, 0.2) is 0 Å². The van der Waals surface area contributed by atoms with Crippen molar-refractivity contribution in [1.82, 2.24) is 0 Å². The van der Waals surface area contributed by atoms with Gasteiger partial charge in [0, 0.05) is 6.54 Å². The van der Waals surface area contributed by atoms with E-state index >= 15 is 0 Å². The summed E-state index contributed by atoms with van der Waals surface area (Å²) < 4.78 is 36.2. The van der Waals surface area contributed by atoms with E-state index in [1.165, 1.54) is 0 Å². The van der Waals surface area contributed by atoms with E-state index in [-0.39, 0.29) is 6.54 Å². The van der Waals surface area contributed by atoms with Crippen LogP contribution in [-0.2, 0) is 0 Å². The monoisotopic (exact) mass is 177 g/mol. The van der Waals surface area contributed by atoms with Crippen LogP contribution in [0.3, 0.4) is 0 Å². The first-order valence-corrected chi connectivity index (χ1v) is 3.85.